The fourth-order valence-electron chi connectivity index (χ4n) is 4.05. The highest BCUT2D eigenvalue weighted by molar-refractivity contribution is 8.76. The van der Waals surface area contributed by atoms with Crippen LogP contribution in [0.3, 0.4) is 0 Å². The van der Waals surface area contributed by atoms with Crippen LogP contribution in [0.25, 0.3) is 0 Å². The van der Waals surface area contributed by atoms with Crippen molar-refractivity contribution in [3.05, 3.63) is 12.2 Å². The maximum atomic E-state index is 13.3. The van der Waals surface area contributed by atoms with Gasteiger partial charge in [-0.25, -0.2) is 0 Å². The van der Waals surface area contributed by atoms with Crippen molar-refractivity contribution in [1.29, 1.82) is 0 Å². The first kappa shape index (κ1) is 28.8. The number of carboxylic acid groups (broad SMARTS) is 1. The molecule has 1 aliphatic carbocycles. The lowest BCUT2D eigenvalue weighted by molar-refractivity contribution is -0.148. The van der Waals surface area contributed by atoms with Crippen LogP contribution in [0, 0.1) is 0 Å². The molecule has 0 aromatic rings. The molecule has 5 N–H and O–H groups in total. The smallest absolute Gasteiger partial charge is 0.308 e. The van der Waals surface area contributed by atoms with Gasteiger partial charge in [-0.3, -0.25) is 28.8 Å². The summed E-state index contributed by atoms with van der Waals surface area (Å²) in [5, 5.41) is 19.8. The summed E-state index contributed by atoms with van der Waals surface area (Å²) in [4.78, 5) is 75.7. The number of hydrogen-bond donors (Lipinski definition) is 5. The number of hydrogen-bond acceptors (Lipinski definition) is 9. The van der Waals surface area contributed by atoms with E-state index in [-0.39, 0.29) is 38.0 Å². The van der Waals surface area contributed by atoms with Crippen molar-refractivity contribution in [3.63, 3.8) is 0 Å². The second-order valence-electron chi connectivity index (χ2n) is 9.10. The minimum atomic E-state index is -1.22. The lowest BCUT2D eigenvalue weighted by Crippen LogP contribution is -2.66. The van der Waals surface area contributed by atoms with E-state index in [1.54, 1.807) is 12.2 Å². The summed E-state index contributed by atoms with van der Waals surface area (Å²) in [6.07, 6.45) is 3.69. The summed E-state index contributed by atoms with van der Waals surface area (Å²) in [5.41, 5.74) is -1.14. The number of carboxylic acids is 1. The van der Waals surface area contributed by atoms with Crippen LogP contribution in [0.5, 0.6) is 0 Å². The van der Waals surface area contributed by atoms with Gasteiger partial charge in [0.2, 0.25) is 23.6 Å². The Bertz CT molecular complexity index is 940. The van der Waals surface area contributed by atoms with Crippen molar-refractivity contribution in [2.45, 2.75) is 75.1 Å². The van der Waals surface area contributed by atoms with E-state index in [1.807, 2.05) is 0 Å². The molecular weight excluding hydrogens is 524 g/mol. The van der Waals surface area contributed by atoms with Crippen LogP contribution in [-0.2, 0) is 33.5 Å². The number of carbonyl (C=O) groups excluding carboxylic acids is 5. The molecule has 0 unspecified atom stereocenters. The zero-order chi connectivity index (χ0) is 26.8. The van der Waals surface area contributed by atoms with Crippen LogP contribution in [-0.4, -0.2) is 82.5 Å². The molecule has 2 fully saturated rings. The standard InChI is InChI=1S/C23H32N4O8S2/c28-17-12-14-4-1-2-11-36-37-13-16(26-20(32)15(25-17)5-6-18(29)30)21(33)27-23(8-3-9-23)22(34)24-10-7-19(31)35-14/h1,4,14-16H,2-3,5-13H2,(H,24,34)(H,25,28)(H,26,32)(H,27,33)(H,29,30)/b4-1+/t14-,15-,16-/m1/s1. The van der Waals surface area contributed by atoms with Crippen molar-refractivity contribution in [2.24, 2.45) is 0 Å². The number of fused-ring (bicyclic) bond motifs is 7. The Morgan fingerprint density at radius 1 is 1.11 bits per heavy atom. The molecule has 204 valence electrons. The zero-order valence-corrected chi connectivity index (χ0v) is 21.9. The molecule has 3 rings (SSSR count). The largest absolute Gasteiger partial charge is 0.481 e. The van der Waals surface area contributed by atoms with Crippen LogP contribution in [0.4, 0.5) is 0 Å². The zero-order valence-electron chi connectivity index (χ0n) is 20.3. The molecule has 2 aliphatic heterocycles. The number of aliphatic carboxylic acids is 1. The highest BCUT2D eigenvalue weighted by Crippen LogP contribution is 2.32. The van der Waals surface area contributed by atoms with Gasteiger partial charge in [0.1, 0.15) is 23.7 Å². The monoisotopic (exact) mass is 556 g/mol. The predicted molar refractivity (Wildman–Crippen MR) is 136 cm³/mol. The molecule has 3 aliphatic rings. The van der Waals surface area contributed by atoms with E-state index in [1.165, 1.54) is 21.6 Å². The molecule has 2 bridgehead atoms. The molecule has 0 aromatic heterocycles. The lowest BCUT2D eigenvalue weighted by Gasteiger charge is -2.41. The first-order valence-electron chi connectivity index (χ1n) is 12.2. The lowest BCUT2D eigenvalue weighted by atomic mass is 9.75. The van der Waals surface area contributed by atoms with E-state index < -0.39 is 59.3 Å². The van der Waals surface area contributed by atoms with Crippen molar-refractivity contribution in [1.82, 2.24) is 21.3 Å². The third-order valence-electron chi connectivity index (χ3n) is 6.26. The van der Waals surface area contributed by atoms with Gasteiger partial charge in [0, 0.05) is 24.5 Å². The number of esters is 1. The fourth-order valence-corrected chi connectivity index (χ4v) is 6.21. The topological polar surface area (TPSA) is 180 Å². The molecule has 1 spiro atoms. The normalized spacial score (nSPS) is 28.8. The van der Waals surface area contributed by atoms with Crippen LogP contribution >= 0.6 is 21.6 Å². The van der Waals surface area contributed by atoms with Crippen molar-refractivity contribution in [3.8, 4) is 0 Å². The average Bonchev–Trinajstić information content (AvgIpc) is 2.81. The van der Waals surface area contributed by atoms with Gasteiger partial charge in [-0.15, -0.1) is 0 Å². The molecule has 0 aromatic carbocycles. The maximum absolute atomic E-state index is 13.3. The van der Waals surface area contributed by atoms with Crippen molar-refractivity contribution < 1.29 is 38.6 Å². The second kappa shape index (κ2) is 13.7. The maximum Gasteiger partial charge on any atom is 0.308 e. The molecule has 0 radical (unpaired) electrons. The molecule has 2 heterocycles. The fraction of sp³-hybridized carbons (Fsp3) is 0.652. The van der Waals surface area contributed by atoms with Crippen molar-refractivity contribution in [2.75, 3.05) is 18.1 Å². The van der Waals surface area contributed by atoms with Gasteiger partial charge in [0.05, 0.1) is 12.8 Å². The van der Waals surface area contributed by atoms with E-state index in [4.69, 9.17) is 9.84 Å². The van der Waals surface area contributed by atoms with Gasteiger partial charge >= 0.3 is 11.9 Å². The number of allylic oxidation sites excluding steroid dienone is 1. The SMILES string of the molecule is O=C(O)CC[C@H]1NC(=O)C[C@H]2/C=C/CCSSC[C@@H](NC1=O)C(=O)NC1(CCC1)C(=O)NCCC(=O)O2. The quantitative estimate of drug-likeness (QED) is 0.181. The van der Waals surface area contributed by atoms with Crippen LogP contribution in [0.1, 0.15) is 51.4 Å². The van der Waals surface area contributed by atoms with Gasteiger partial charge < -0.3 is 31.1 Å². The number of amides is 4. The van der Waals surface area contributed by atoms with E-state index in [9.17, 15) is 28.8 Å². The van der Waals surface area contributed by atoms with Crippen LogP contribution in [0.15, 0.2) is 12.2 Å². The van der Waals surface area contributed by atoms with E-state index in [2.05, 4.69) is 21.3 Å². The molecule has 14 heteroatoms. The third kappa shape index (κ3) is 8.66. The van der Waals surface area contributed by atoms with Gasteiger partial charge in [-0.2, -0.15) is 0 Å². The first-order chi connectivity index (χ1) is 17.7. The first-order valence-corrected chi connectivity index (χ1v) is 14.7. The van der Waals surface area contributed by atoms with Gasteiger partial charge in [0.15, 0.2) is 0 Å². The van der Waals surface area contributed by atoms with Crippen LogP contribution < -0.4 is 21.3 Å². The second-order valence-corrected chi connectivity index (χ2v) is 11.7. The Morgan fingerprint density at radius 3 is 2.59 bits per heavy atom. The van der Waals surface area contributed by atoms with E-state index >= 15 is 0 Å². The predicted octanol–water partition coefficient (Wildman–Crippen LogP) is 0.0228. The number of carbonyl (C=O) groups is 6. The highest BCUT2D eigenvalue weighted by atomic mass is 33.1. The minimum absolute atomic E-state index is 0.00182. The summed E-state index contributed by atoms with van der Waals surface area (Å²) < 4.78 is 5.45. The molecule has 3 atom stereocenters. The summed E-state index contributed by atoms with van der Waals surface area (Å²) in [7, 11) is 2.86. The van der Waals surface area contributed by atoms with E-state index in [0.29, 0.717) is 25.0 Å². The number of nitrogens with one attached hydrogen (secondary N) is 4. The highest BCUT2D eigenvalue weighted by Gasteiger charge is 2.46. The molecule has 1 saturated carbocycles. The Kier molecular flexibility index (Phi) is 10.7. The molecular formula is C23H32N4O8S2. The molecule has 4 amide bonds. The Labute approximate surface area is 222 Å². The van der Waals surface area contributed by atoms with Gasteiger partial charge in [-0.05, 0) is 38.2 Å². The summed E-state index contributed by atoms with van der Waals surface area (Å²) in [6, 6.07) is -2.24. The Morgan fingerprint density at radius 2 is 1.89 bits per heavy atom. The molecule has 1 saturated heterocycles. The number of ether oxygens (including phenoxy) is 1. The summed E-state index contributed by atoms with van der Waals surface area (Å²) in [5.74, 6) is -3.18. The summed E-state index contributed by atoms with van der Waals surface area (Å²) >= 11 is 0. The molecule has 37 heavy (non-hydrogen) atoms. The third-order valence-corrected chi connectivity index (χ3v) is 8.70. The number of rotatable bonds is 3. The Balaban J connectivity index is 1.93. The average molecular weight is 557 g/mol. The van der Waals surface area contributed by atoms with Crippen LogP contribution in [0.2, 0.25) is 0 Å². The van der Waals surface area contributed by atoms with E-state index in [0.717, 1.165) is 6.42 Å². The minimum Gasteiger partial charge on any atom is -0.481 e. The van der Waals surface area contributed by atoms with Gasteiger partial charge in [-0.1, -0.05) is 27.7 Å². The van der Waals surface area contributed by atoms with Crippen molar-refractivity contribution >= 4 is 57.2 Å². The molecule has 12 nitrogen and oxygen atoms in total. The summed E-state index contributed by atoms with van der Waals surface area (Å²) in [6.45, 7) is 0.00182. The van der Waals surface area contributed by atoms with Gasteiger partial charge in [0.25, 0.3) is 0 Å². The Hall–Kier alpha value is -2.74.